The highest BCUT2D eigenvalue weighted by Gasteiger charge is 2.55. The molecular weight excluding hydrogens is 1780 g/mol. The van der Waals surface area contributed by atoms with Crippen molar-refractivity contribution in [2.75, 3.05) is 0 Å². The molecular formula is C137H86N6O3. The molecule has 0 N–H and O–H groups in total. The zero-order valence-electron chi connectivity index (χ0n) is 79.1. The Morgan fingerprint density at radius 3 is 0.795 bits per heavy atom. The molecule has 0 saturated heterocycles. The summed E-state index contributed by atoms with van der Waals surface area (Å²) in [5, 5.41) is 2.06. The van der Waals surface area contributed by atoms with Crippen molar-refractivity contribution < 1.29 is 14.2 Å². The van der Waals surface area contributed by atoms with Crippen molar-refractivity contribution in [1.29, 1.82) is 0 Å². The van der Waals surface area contributed by atoms with E-state index in [1.807, 2.05) is 24.3 Å². The molecule has 3 aromatic heterocycles. The molecule has 3 aliphatic heterocycles. The first-order valence-corrected chi connectivity index (χ1v) is 49.7. The van der Waals surface area contributed by atoms with Crippen LogP contribution in [-0.4, -0.2) is 29.9 Å². The predicted octanol–water partition coefficient (Wildman–Crippen LogP) is 33.8. The second-order valence-corrected chi connectivity index (χ2v) is 37.8. The second-order valence-electron chi connectivity index (χ2n) is 37.8. The van der Waals surface area contributed by atoms with Gasteiger partial charge in [0.15, 0.2) is 17.5 Å². The van der Waals surface area contributed by atoms with Crippen molar-refractivity contribution in [2.45, 2.75) is 16.2 Å². The maximum absolute atomic E-state index is 6.55. The van der Waals surface area contributed by atoms with Crippen molar-refractivity contribution >= 4 is 21.8 Å². The first-order chi connectivity index (χ1) is 72.4. The smallest absolute Gasteiger partial charge is 0.161 e. The largest absolute Gasteiger partial charge is 0.457 e. The molecule has 3 spiro atoms. The van der Waals surface area contributed by atoms with Gasteiger partial charge in [-0.1, -0.05) is 467 Å². The Kier molecular flexibility index (Phi) is 20.1. The monoisotopic (exact) mass is 1860 g/mol. The van der Waals surface area contributed by atoms with E-state index in [2.05, 4.69) is 497 Å². The number of hydrogen-bond donors (Lipinski definition) is 0. The van der Waals surface area contributed by atoms with Gasteiger partial charge in [-0.2, -0.15) is 0 Å². The summed E-state index contributed by atoms with van der Waals surface area (Å²) in [6, 6.07) is 184. The minimum atomic E-state index is -0.543. The van der Waals surface area contributed by atoms with Gasteiger partial charge in [-0.15, -0.1) is 0 Å². The molecule has 9 nitrogen and oxygen atoms in total. The van der Waals surface area contributed by atoms with Crippen molar-refractivity contribution in [1.82, 2.24) is 29.9 Å². The van der Waals surface area contributed by atoms with Crippen LogP contribution in [0.5, 0.6) is 34.5 Å². The summed E-state index contributed by atoms with van der Waals surface area (Å²) >= 11 is 0. The molecule has 682 valence electrons. The topological polar surface area (TPSA) is 105 Å². The third-order valence-electron chi connectivity index (χ3n) is 30.2. The van der Waals surface area contributed by atoms with Crippen LogP contribution in [0.3, 0.4) is 0 Å². The molecule has 30 rings (SSSR count). The van der Waals surface area contributed by atoms with Crippen LogP contribution >= 0.6 is 0 Å². The summed E-state index contributed by atoms with van der Waals surface area (Å²) < 4.78 is 19.6. The predicted molar refractivity (Wildman–Crippen MR) is 588 cm³/mol. The molecule has 6 heterocycles. The Labute approximate surface area is 845 Å². The highest BCUT2D eigenvalue weighted by molar-refractivity contribution is 6.05. The van der Waals surface area contributed by atoms with E-state index in [1.165, 1.54) is 94.6 Å². The van der Waals surface area contributed by atoms with E-state index < -0.39 is 16.2 Å². The highest BCUT2D eigenvalue weighted by Crippen LogP contribution is 2.68. The van der Waals surface area contributed by atoms with Crippen LogP contribution in [-0.2, 0) is 16.2 Å². The fourth-order valence-electron chi connectivity index (χ4n) is 23.9. The number of fused-ring (bicyclic) bond motifs is 29. The van der Waals surface area contributed by atoms with E-state index in [0.29, 0.717) is 17.5 Å². The summed E-state index contributed by atoms with van der Waals surface area (Å²) in [6.45, 7) is 0. The maximum atomic E-state index is 6.55. The molecule has 0 atom stereocenters. The second kappa shape index (κ2) is 34.6. The number of rotatable bonds is 10. The Morgan fingerprint density at radius 1 is 0.144 bits per heavy atom. The van der Waals surface area contributed by atoms with Crippen molar-refractivity contribution in [3.05, 3.63) is 588 Å². The zero-order chi connectivity index (χ0) is 96.4. The molecule has 0 bridgehead atoms. The minimum Gasteiger partial charge on any atom is -0.457 e. The molecule has 24 aromatic rings. The summed E-state index contributed by atoms with van der Waals surface area (Å²) in [5.41, 5.74) is 39.7. The van der Waals surface area contributed by atoms with Gasteiger partial charge in [-0.25, -0.2) is 29.9 Å². The number of hydrogen-bond acceptors (Lipinski definition) is 9. The van der Waals surface area contributed by atoms with E-state index >= 15 is 0 Å². The lowest BCUT2D eigenvalue weighted by atomic mass is 9.66. The number of aromatic nitrogens is 6. The van der Waals surface area contributed by atoms with E-state index in [4.69, 9.17) is 44.1 Å². The Balaban J connectivity index is 0.000000106. The molecule has 146 heavy (non-hydrogen) atoms. The third kappa shape index (κ3) is 13.4. The van der Waals surface area contributed by atoms with Crippen LogP contribution in [0, 0.1) is 0 Å². The average Bonchev–Trinajstić information content (AvgIpc) is 1.52. The summed E-state index contributed by atoms with van der Waals surface area (Å²) in [5.74, 6) is 7.43. The summed E-state index contributed by atoms with van der Waals surface area (Å²) in [6.07, 6.45) is 0. The van der Waals surface area contributed by atoms with Crippen molar-refractivity contribution in [2.24, 2.45) is 0 Å². The van der Waals surface area contributed by atoms with Crippen LogP contribution in [0.4, 0.5) is 0 Å². The number of benzene rings is 21. The van der Waals surface area contributed by atoms with Crippen molar-refractivity contribution in [3.8, 4) is 180 Å². The highest BCUT2D eigenvalue weighted by atomic mass is 16.5. The quantitative estimate of drug-likeness (QED) is 0.132. The number of para-hydroxylation sites is 8. The Bertz CT molecular complexity index is 9200. The number of ether oxygens (including phenoxy) is 3. The first-order valence-electron chi connectivity index (χ1n) is 49.7. The van der Waals surface area contributed by atoms with Gasteiger partial charge in [0, 0.05) is 83.1 Å². The minimum absolute atomic E-state index is 0.535. The normalized spacial score (nSPS) is 13.3. The first kappa shape index (κ1) is 84.8. The third-order valence-corrected chi connectivity index (χ3v) is 30.2. The lowest BCUT2D eigenvalue weighted by Crippen LogP contribution is -2.32. The molecule has 21 aromatic carbocycles. The van der Waals surface area contributed by atoms with Crippen LogP contribution in [0.2, 0.25) is 0 Å². The van der Waals surface area contributed by atoms with Gasteiger partial charge in [-0.05, 0) is 155 Å². The van der Waals surface area contributed by atoms with E-state index in [0.717, 1.165) is 157 Å². The summed E-state index contributed by atoms with van der Waals surface area (Å²) in [7, 11) is 0. The van der Waals surface area contributed by atoms with Crippen molar-refractivity contribution in [3.63, 3.8) is 0 Å². The van der Waals surface area contributed by atoms with Crippen LogP contribution in [0.25, 0.3) is 168 Å². The van der Waals surface area contributed by atoms with Gasteiger partial charge in [0.05, 0.1) is 50.1 Å². The Morgan fingerprint density at radius 2 is 0.397 bits per heavy atom. The molecule has 0 unspecified atom stereocenters. The molecule has 0 amide bonds. The van der Waals surface area contributed by atoms with E-state index in [9.17, 15) is 0 Å². The molecule has 3 aliphatic carbocycles. The lowest BCUT2D eigenvalue weighted by molar-refractivity contribution is 0.436. The lowest BCUT2D eigenvalue weighted by Gasteiger charge is -2.39. The molecule has 0 radical (unpaired) electrons. The van der Waals surface area contributed by atoms with Gasteiger partial charge in [-0.3, -0.25) is 0 Å². The fourth-order valence-corrected chi connectivity index (χ4v) is 23.9. The zero-order valence-corrected chi connectivity index (χ0v) is 79.1. The van der Waals surface area contributed by atoms with E-state index in [-0.39, 0.29) is 0 Å². The van der Waals surface area contributed by atoms with Gasteiger partial charge in [0.2, 0.25) is 0 Å². The van der Waals surface area contributed by atoms with Crippen LogP contribution in [0.1, 0.15) is 66.8 Å². The molecule has 0 fully saturated rings. The van der Waals surface area contributed by atoms with Gasteiger partial charge < -0.3 is 14.2 Å². The Hall–Kier alpha value is -19.2. The number of nitrogens with zero attached hydrogens (tertiary/aromatic N) is 6. The SMILES string of the molecule is c1ccc(-c2ccc(-c3nc(-c4cccc5c4-c4ccccc4C54c5ccccc5Oc5ccccc54)c4ccccc4n3)cc2)cc1.c1ccc(-c2ccc(-c3nc(-c4cccc5c4-c4ccccc4C54c5ccccc5Oc5ccccc54)nc4ccccc34)cc2)cc1.c1ccc(-c2ccc(-c3nc(-c4ccccc4)cc(-c4cccc5c4-c4ccccc4C54c5ccccc5Oc5ccccc54)n3)cc2)cc1. The van der Waals surface area contributed by atoms with E-state index in [1.54, 1.807) is 0 Å². The van der Waals surface area contributed by atoms with Gasteiger partial charge in [0.1, 0.15) is 34.5 Å². The molecule has 0 saturated carbocycles. The van der Waals surface area contributed by atoms with Gasteiger partial charge >= 0.3 is 0 Å². The van der Waals surface area contributed by atoms with Gasteiger partial charge in [0.25, 0.3) is 0 Å². The maximum Gasteiger partial charge on any atom is 0.161 e. The standard InChI is InChI=1S/C47H30N2O.2C45H28N2O/c1-3-14-31(15-4-1)32-26-28-34(29-27-32)46-48-41(33-16-5-2-6-17-33)30-42(49-46)36-19-13-23-40-45(36)35-18-7-8-20-37(35)47(40)38-21-9-11-24-43(38)50-44-25-12-10-22-39(44)47;1-2-13-29(14-3-1)30-25-27-31(28-26-30)44-46-39-22-9-5-16-33(39)43(47-44)34-17-12-21-38-42(34)32-15-4-6-18-35(32)45(38)36-19-7-10-23-40(36)48-41-24-11-8-20-37(41)45;1-2-13-29(14-3-1)30-25-27-31(28-26-30)43-33-16-5-9-22-39(33)46-44(47-43)34-17-12-21-38-42(34)32-15-4-6-18-35(32)45(38)36-19-7-10-23-40(36)48-41-24-11-8-20-37(41)45/h1-30H;2*1-28H. The fraction of sp³-hybridized carbons (Fsp3) is 0.0219. The molecule has 6 aliphatic rings. The molecule has 9 heteroatoms. The van der Waals surface area contributed by atoms with Crippen LogP contribution < -0.4 is 14.2 Å². The average molecular weight is 1860 g/mol. The van der Waals surface area contributed by atoms with Crippen LogP contribution in [0.15, 0.2) is 522 Å². The summed E-state index contributed by atoms with van der Waals surface area (Å²) in [4.78, 5) is 31.6.